The van der Waals surface area contributed by atoms with Crippen LogP contribution >= 0.6 is 0 Å². The quantitative estimate of drug-likeness (QED) is 0.833. The number of carbonyl (C=O) groups excluding carboxylic acids is 1. The minimum Gasteiger partial charge on any atom is -0.492 e. The molecule has 1 amide bonds. The average Bonchev–Trinajstić information content (AvgIpc) is 3.16. The first-order chi connectivity index (χ1) is 11.7. The van der Waals surface area contributed by atoms with Crippen molar-refractivity contribution in [3.05, 3.63) is 36.9 Å². The number of hydrogen-bond donors (Lipinski definition) is 0. The first kappa shape index (κ1) is 16.3. The van der Waals surface area contributed by atoms with Gasteiger partial charge in [-0.3, -0.25) is 4.79 Å². The van der Waals surface area contributed by atoms with E-state index in [-0.39, 0.29) is 11.9 Å². The zero-order valence-electron chi connectivity index (χ0n) is 14.1. The van der Waals surface area contributed by atoms with Crippen molar-refractivity contribution in [3.8, 4) is 5.75 Å². The maximum absolute atomic E-state index is 12.6. The largest absolute Gasteiger partial charge is 0.492 e. The van der Waals surface area contributed by atoms with Crippen LogP contribution in [-0.2, 0) is 4.79 Å². The fourth-order valence-corrected chi connectivity index (χ4v) is 2.96. The molecule has 2 aromatic rings. The van der Waals surface area contributed by atoms with Crippen molar-refractivity contribution in [3.63, 3.8) is 0 Å². The molecule has 0 bridgehead atoms. The molecule has 0 saturated carbocycles. The average molecular weight is 329 g/mol. The van der Waals surface area contributed by atoms with E-state index in [1.807, 2.05) is 36.9 Å². The van der Waals surface area contributed by atoms with Crippen LogP contribution in [0, 0.1) is 0 Å². The topological polar surface area (TPSA) is 63.5 Å². The molecule has 1 aliphatic heterocycles. The van der Waals surface area contributed by atoms with Crippen LogP contribution < -0.4 is 9.64 Å². The summed E-state index contributed by atoms with van der Waals surface area (Å²) in [6.07, 6.45) is 3.03. The maximum atomic E-state index is 12.6. The second kappa shape index (κ2) is 7.33. The van der Waals surface area contributed by atoms with Gasteiger partial charge >= 0.3 is 0 Å². The molecule has 128 valence electrons. The van der Waals surface area contributed by atoms with Gasteiger partial charge in [-0.2, -0.15) is 5.10 Å². The zero-order valence-corrected chi connectivity index (χ0v) is 14.1. The minimum absolute atomic E-state index is 0.0817. The van der Waals surface area contributed by atoms with Gasteiger partial charge in [0.05, 0.1) is 12.3 Å². The van der Waals surface area contributed by atoms with Crippen LogP contribution in [-0.4, -0.2) is 58.4 Å². The molecule has 1 aromatic heterocycles. The van der Waals surface area contributed by atoms with E-state index in [0.29, 0.717) is 19.7 Å². The van der Waals surface area contributed by atoms with Gasteiger partial charge in [-0.05, 0) is 26.0 Å². The number of aromatic nitrogens is 3. The smallest absolute Gasteiger partial charge is 0.247 e. The second-order valence-corrected chi connectivity index (χ2v) is 5.76. The second-order valence-electron chi connectivity index (χ2n) is 5.76. The summed E-state index contributed by atoms with van der Waals surface area (Å²) in [4.78, 5) is 20.7. The number of para-hydroxylation sites is 2. The van der Waals surface area contributed by atoms with Gasteiger partial charge in [-0.25, -0.2) is 9.67 Å². The van der Waals surface area contributed by atoms with Crippen molar-refractivity contribution < 1.29 is 9.53 Å². The van der Waals surface area contributed by atoms with Gasteiger partial charge in [0.2, 0.25) is 5.91 Å². The first-order valence-electron chi connectivity index (χ1n) is 8.30. The van der Waals surface area contributed by atoms with Gasteiger partial charge in [0.1, 0.15) is 24.4 Å². The lowest BCUT2D eigenvalue weighted by atomic mass is 10.2. The number of amides is 1. The lowest BCUT2D eigenvalue weighted by Gasteiger charge is -2.37. The number of ether oxygens (including phenoxy) is 1. The molecule has 1 aromatic carbocycles. The molecule has 0 spiro atoms. The molecule has 3 rings (SSSR count). The SMILES string of the molecule is CCOc1ccccc1N1CCN(C(=O)[C@H](C)n2cncn2)CC1. The third-order valence-corrected chi connectivity index (χ3v) is 4.29. The van der Waals surface area contributed by atoms with E-state index in [9.17, 15) is 4.79 Å². The van der Waals surface area contributed by atoms with Crippen molar-refractivity contribution in [1.29, 1.82) is 0 Å². The highest BCUT2D eigenvalue weighted by Gasteiger charge is 2.27. The Hall–Kier alpha value is -2.57. The molecule has 0 unspecified atom stereocenters. The van der Waals surface area contributed by atoms with Crippen LogP contribution in [0.25, 0.3) is 0 Å². The number of piperazine rings is 1. The monoisotopic (exact) mass is 329 g/mol. The molecule has 1 atom stereocenters. The molecule has 1 fully saturated rings. The molecule has 0 aliphatic carbocycles. The van der Waals surface area contributed by atoms with Crippen molar-refractivity contribution in [2.45, 2.75) is 19.9 Å². The zero-order chi connectivity index (χ0) is 16.9. The summed E-state index contributed by atoms with van der Waals surface area (Å²) in [5, 5.41) is 4.06. The lowest BCUT2D eigenvalue weighted by Crippen LogP contribution is -2.50. The van der Waals surface area contributed by atoms with Crippen molar-refractivity contribution in [1.82, 2.24) is 19.7 Å². The van der Waals surface area contributed by atoms with Gasteiger partial charge < -0.3 is 14.5 Å². The molecular formula is C17H23N5O2. The van der Waals surface area contributed by atoms with Crippen LogP contribution in [0.5, 0.6) is 5.75 Å². The van der Waals surface area contributed by atoms with Crippen LogP contribution in [0.3, 0.4) is 0 Å². The number of hydrogen-bond acceptors (Lipinski definition) is 5. The Morgan fingerprint density at radius 2 is 2.00 bits per heavy atom. The maximum Gasteiger partial charge on any atom is 0.247 e. The molecular weight excluding hydrogens is 306 g/mol. The molecule has 24 heavy (non-hydrogen) atoms. The van der Waals surface area contributed by atoms with E-state index in [0.717, 1.165) is 24.5 Å². The third-order valence-electron chi connectivity index (χ3n) is 4.29. The highest BCUT2D eigenvalue weighted by molar-refractivity contribution is 5.80. The summed E-state index contributed by atoms with van der Waals surface area (Å²) in [6.45, 7) is 7.45. The van der Waals surface area contributed by atoms with E-state index in [2.05, 4.69) is 21.0 Å². The lowest BCUT2D eigenvalue weighted by molar-refractivity contribution is -0.134. The normalized spacial score (nSPS) is 16.1. The van der Waals surface area contributed by atoms with E-state index >= 15 is 0 Å². The summed E-state index contributed by atoms with van der Waals surface area (Å²) in [5.74, 6) is 0.981. The number of nitrogens with zero attached hydrogens (tertiary/aromatic N) is 5. The Bertz CT molecular complexity index is 665. The summed E-state index contributed by atoms with van der Waals surface area (Å²) < 4.78 is 7.31. The Morgan fingerprint density at radius 1 is 1.25 bits per heavy atom. The summed E-state index contributed by atoms with van der Waals surface area (Å²) >= 11 is 0. The van der Waals surface area contributed by atoms with Gasteiger partial charge in [0, 0.05) is 26.2 Å². The van der Waals surface area contributed by atoms with Gasteiger partial charge in [-0.1, -0.05) is 12.1 Å². The highest BCUT2D eigenvalue weighted by atomic mass is 16.5. The fraction of sp³-hybridized carbons (Fsp3) is 0.471. The number of carbonyl (C=O) groups is 1. The van der Waals surface area contributed by atoms with Gasteiger partial charge in [-0.15, -0.1) is 0 Å². The molecule has 0 N–H and O–H groups in total. The summed E-state index contributed by atoms with van der Waals surface area (Å²) in [7, 11) is 0. The summed E-state index contributed by atoms with van der Waals surface area (Å²) in [5.41, 5.74) is 1.09. The molecule has 1 aliphatic rings. The van der Waals surface area contributed by atoms with E-state index in [4.69, 9.17) is 4.74 Å². The van der Waals surface area contributed by atoms with E-state index in [1.54, 1.807) is 11.0 Å². The van der Waals surface area contributed by atoms with Gasteiger partial charge in [0.25, 0.3) is 0 Å². The van der Waals surface area contributed by atoms with Gasteiger partial charge in [0.15, 0.2) is 0 Å². The standard InChI is InChI=1S/C17H23N5O2/c1-3-24-16-7-5-4-6-15(16)20-8-10-21(11-9-20)17(23)14(2)22-13-18-12-19-22/h4-7,12-14H,3,8-11H2,1-2H3/t14-/m0/s1. The van der Waals surface area contributed by atoms with E-state index in [1.165, 1.54) is 6.33 Å². The van der Waals surface area contributed by atoms with Crippen molar-refractivity contribution >= 4 is 11.6 Å². The van der Waals surface area contributed by atoms with Crippen LogP contribution in [0.4, 0.5) is 5.69 Å². The minimum atomic E-state index is -0.324. The number of anilines is 1. The molecule has 1 saturated heterocycles. The fourth-order valence-electron chi connectivity index (χ4n) is 2.96. The summed E-state index contributed by atoms with van der Waals surface area (Å²) in [6, 6.07) is 7.73. The number of benzene rings is 1. The Balaban J connectivity index is 1.63. The number of rotatable bonds is 5. The molecule has 2 heterocycles. The Labute approximate surface area is 141 Å². The van der Waals surface area contributed by atoms with Crippen LogP contribution in [0.15, 0.2) is 36.9 Å². The predicted molar refractivity (Wildman–Crippen MR) is 91.1 cm³/mol. The van der Waals surface area contributed by atoms with Crippen LogP contribution in [0.2, 0.25) is 0 Å². The van der Waals surface area contributed by atoms with Crippen molar-refractivity contribution in [2.75, 3.05) is 37.7 Å². The third kappa shape index (κ3) is 3.34. The first-order valence-corrected chi connectivity index (χ1v) is 8.30. The van der Waals surface area contributed by atoms with Crippen LogP contribution in [0.1, 0.15) is 19.9 Å². The Kier molecular flexibility index (Phi) is 4.98. The molecule has 7 heteroatoms. The predicted octanol–water partition coefficient (Wildman–Crippen LogP) is 1.59. The van der Waals surface area contributed by atoms with Crippen molar-refractivity contribution in [2.24, 2.45) is 0 Å². The molecule has 7 nitrogen and oxygen atoms in total. The Morgan fingerprint density at radius 3 is 2.67 bits per heavy atom. The van der Waals surface area contributed by atoms with E-state index < -0.39 is 0 Å². The highest BCUT2D eigenvalue weighted by Crippen LogP contribution is 2.29. The molecule has 0 radical (unpaired) electrons.